The van der Waals surface area contributed by atoms with Crippen molar-refractivity contribution in [3.8, 4) is 11.5 Å². The highest BCUT2D eigenvalue weighted by atomic mass is 16.5. The molecule has 0 atom stereocenters. The van der Waals surface area contributed by atoms with Crippen LogP contribution in [0.2, 0.25) is 0 Å². The molecule has 0 spiro atoms. The Balaban J connectivity index is 1.98. The van der Waals surface area contributed by atoms with Gasteiger partial charge >= 0.3 is 0 Å². The molecule has 0 aliphatic heterocycles. The first-order valence-corrected chi connectivity index (χ1v) is 7.69. The van der Waals surface area contributed by atoms with Crippen LogP contribution in [-0.2, 0) is 4.79 Å². The number of rotatable bonds is 8. The smallest absolute Gasteiger partial charge is 0.262 e. The average molecular weight is 340 g/mol. The SMILES string of the molecule is C=CCNC(=O)c1ccccc1NC(=O)COc1cccc(OC)c1. The van der Waals surface area contributed by atoms with Gasteiger partial charge in [0.15, 0.2) is 6.61 Å². The molecule has 0 radical (unpaired) electrons. The van der Waals surface area contributed by atoms with E-state index in [1.807, 2.05) is 0 Å². The van der Waals surface area contributed by atoms with Gasteiger partial charge in [0.2, 0.25) is 0 Å². The number of hydrogen-bond donors (Lipinski definition) is 2. The molecule has 0 aliphatic carbocycles. The molecule has 2 amide bonds. The molecule has 0 saturated carbocycles. The quantitative estimate of drug-likeness (QED) is 0.724. The summed E-state index contributed by atoms with van der Waals surface area (Å²) in [7, 11) is 1.56. The van der Waals surface area contributed by atoms with Crippen molar-refractivity contribution in [1.82, 2.24) is 5.32 Å². The van der Waals surface area contributed by atoms with Crippen LogP contribution in [0.3, 0.4) is 0 Å². The van der Waals surface area contributed by atoms with Crippen molar-refractivity contribution in [2.75, 3.05) is 25.6 Å². The molecule has 2 N–H and O–H groups in total. The fourth-order valence-electron chi connectivity index (χ4n) is 2.08. The summed E-state index contributed by atoms with van der Waals surface area (Å²) in [5.41, 5.74) is 0.794. The normalized spacial score (nSPS) is 9.80. The van der Waals surface area contributed by atoms with Crippen LogP contribution in [0.4, 0.5) is 5.69 Å². The van der Waals surface area contributed by atoms with E-state index in [1.165, 1.54) is 0 Å². The van der Waals surface area contributed by atoms with Crippen LogP contribution in [0.25, 0.3) is 0 Å². The number of methoxy groups -OCH3 is 1. The summed E-state index contributed by atoms with van der Waals surface area (Å²) in [5, 5.41) is 5.36. The van der Waals surface area contributed by atoms with Crippen molar-refractivity contribution in [2.45, 2.75) is 0 Å². The average Bonchev–Trinajstić information content (AvgIpc) is 2.65. The Morgan fingerprint density at radius 2 is 1.88 bits per heavy atom. The van der Waals surface area contributed by atoms with Crippen molar-refractivity contribution >= 4 is 17.5 Å². The molecular weight excluding hydrogens is 320 g/mol. The number of nitrogens with one attached hydrogen (secondary N) is 2. The van der Waals surface area contributed by atoms with E-state index in [0.29, 0.717) is 29.3 Å². The van der Waals surface area contributed by atoms with Gasteiger partial charge in [0.05, 0.1) is 18.4 Å². The number of para-hydroxylation sites is 1. The van der Waals surface area contributed by atoms with Gasteiger partial charge in [0.1, 0.15) is 11.5 Å². The Morgan fingerprint density at radius 3 is 2.64 bits per heavy atom. The summed E-state index contributed by atoms with van der Waals surface area (Å²) < 4.78 is 10.5. The molecule has 0 heterocycles. The fraction of sp³-hybridized carbons (Fsp3) is 0.158. The van der Waals surface area contributed by atoms with Crippen molar-refractivity contribution < 1.29 is 19.1 Å². The minimum Gasteiger partial charge on any atom is -0.497 e. The summed E-state index contributed by atoms with van der Waals surface area (Å²) >= 11 is 0. The maximum Gasteiger partial charge on any atom is 0.262 e. The Labute approximate surface area is 146 Å². The molecular formula is C19H20N2O4. The van der Waals surface area contributed by atoms with Gasteiger partial charge in [-0.05, 0) is 24.3 Å². The monoisotopic (exact) mass is 340 g/mol. The van der Waals surface area contributed by atoms with E-state index >= 15 is 0 Å². The third-order valence-corrected chi connectivity index (χ3v) is 3.26. The number of ether oxygens (including phenoxy) is 2. The molecule has 0 unspecified atom stereocenters. The molecule has 0 fully saturated rings. The first kappa shape index (κ1) is 18.1. The predicted octanol–water partition coefficient (Wildman–Crippen LogP) is 2.63. The van der Waals surface area contributed by atoms with Gasteiger partial charge in [-0.15, -0.1) is 6.58 Å². The van der Waals surface area contributed by atoms with Crippen LogP contribution < -0.4 is 20.1 Å². The highest BCUT2D eigenvalue weighted by Crippen LogP contribution is 2.19. The number of benzene rings is 2. The lowest BCUT2D eigenvalue weighted by atomic mass is 10.1. The molecule has 0 aliphatic rings. The van der Waals surface area contributed by atoms with E-state index in [-0.39, 0.29) is 18.4 Å². The number of hydrogen-bond acceptors (Lipinski definition) is 4. The fourth-order valence-corrected chi connectivity index (χ4v) is 2.08. The number of carbonyl (C=O) groups excluding carboxylic acids is 2. The van der Waals surface area contributed by atoms with Crippen molar-refractivity contribution in [3.63, 3.8) is 0 Å². The predicted molar refractivity (Wildman–Crippen MR) is 96.1 cm³/mol. The van der Waals surface area contributed by atoms with E-state index < -0.39 is 0 Å². The maximum atomic E-state index is 12.1. The Kier molecular flexibility index (Phi) is 6.59. The van der Waals surface area contributed by atoms with Crippen LogP contribution in [0, 0.1) is 0 Å². The zero-order chi connectivity index (χ0) is 18.1. The largest absolute Gasteiger partial charge is 0.497 e. The van der Waals surface area contributed by atoms with Crippen LogP contribution >= 0.6 is 0 Å². The highest BCUT2D eigenvalue weighted by Gasteiger charge is 2.12. The van der Waals surface area contributed by atoms with Gasteiger partial charge in [0.25, 0.3) is 11.8 Å². The van der Waals surface area contributed by atoms with Crippen LogP contribution in [0.5, 0.6) is 11.5 Å². The van der Waals surface area contributed by atoms with Gasteiger partial charge in [0, 0.05) is 12.6 Å². The number of carbonyl (C=O) groups is 2. The van der Waals surface area contributed by atoms with Crippen molar-refractivity contribution in [3.05, 3.63) is 66.7 Å². The second-order valence-corrected chi connectivity index (χ2v) is 5.06. The van der Waals surface area contributed by atoms with Crippen LogP contribution in [0.1, 0.15) is 10.4 Å². The second-order valence-electron chi connectivity index (χ2n) is 5.06. The molecule has 6 heteroatoms. The first-order chi connectivity index (χ1) is 12.1. The van der Waals surface area contributed by atoms with E-state index in [4.69, 9.17) is 9.47 Å². The zero-order valence-corrected chi connectivity index (χ0v) is 14.0. The Bertz CT molecular complexity index is 759. The molecule has 0 bridgehead atoms. The second kappa shape index (κ2) is 9.12. The lowest BCUT2D eigenvalue weighted by molar-refractivity contribution is -0.118. The van der Waals surface area contributed by atoms with Crippen molar-refractivity contribution in [1.29, 1.82) is 0 Å². The standard InChI is InChI=1S/C19H20N2O4/c1-3-11-20-19(23)16-9-4-5-10-17(16)21-18(22)13-25-15-8-6-7-14(12-15)24-2/h3-10,12H,1,11,13H2,2H3,(H,20,23)(H,21,22). The zero-order valence-electron chi connectivity index (χ0n) is 14.0. The summed E-state index contributed by atoms with van der Waals surface area (Å²) in [5.74, 6) is 0.505. The number of anilines is 1. The molecule has 0 saturated heterocycles. The summed E-state index contributed by atoms with van der Waals surface area (Å²) in [6, 6.07) is 13.7. The molecule has 2 aromatic rings. The first-order valence-electron chi connectivity index (χ1n) is 7.69. The van der Waals surface area contributed by atoms with Gasteiger partial charge in [-0.2, -0.15) is 0 Å². The van der Waals surface area contributed by atoms with Gasteiger partial charge in [-0.1, -0.05) is 24.3 Å². The van der Waals surface area contributed by atoms with Gasteiger partial charge < -0.3 is 20.1 Å². The van der Waals surface area contributed by atoms with Crippen LogP contribution in [0.15, 0.2) is 61.2 Å². The molecule has 130 valence electrons. The van der Waals surface area contributed by atoms with Crippen LogP contribution in [-0.4, -0.2) is 32.1 Å². The number of amides is 2. The molecule has 25 heavy (non-hydrogen) atoms. The minimum atomic E-state index is -0.369. The Hall–Kier alpha value is -3.28. The van der Waals surface area contributed by atoms with E-state index in [9.17, 15) is 9.59 Å². The summed E-state index contributed by atoms with van der Waals surface area (Å²) in [6.07, 6.45) is 1.58. The van der Waals surface area contributed by atoms with E-state index in [0.717, 1.165) is 0 Å². The highest BCUT2D eigenvalue weighted by molar-refractivity contribution is 6.04. The Morgan fingerprint density at radius 1 is 1.12 bits per heavy atom. The third kappa shape index (κ3) is 5.39. The molecule has 2 rings (SSSR count). The van der Waals surface area contributed by atoms with Crippen molar-refractivity contribution in [2.24, 2.45) is 0 Å². The third-order valence-electron chi connectivity index (χ3n) is 3.26. The molecule has 6 nitrogen and oxygen atoms in total. The van der Waals surface area contributed by atoms with E-state index in [2.05, 4.69) is 17.2 Å². The lowest BCUT2D eigenvalue weighted by Gasteiger charge is -2.12. The summed E-state index contributed by atoms with van der Waals surface area (Å²) in [4.78, 5) is 24.2. The topological polar surface area (TPSA) is 76.7 Å². The maximum absolute atomic E-state index is 12.1. The lowest BCUT2D eigenvalue weighted by Crippen LogP contribution is -2.26. The molecule has 0 aromatic heterocycles. The summed E-state index contributed by atoms with van der Waals surface area (Å²) in [6.45, 7) is 3.72. The van der Waals surface area contributed by atoms with Gasteiger partial charge in [-0.25, -0.2) is 0 Å². The minimum absolute atomic E-state index is 0.185. The van der Waals surface area contributed by atoms with E-state index in [1.54, 1.807) is 61.7 Å². The van der Waals surface area contributed by atoms with Gasteiger partial charge in [-0.3, -0.25) is 9.59 Å². The molecule has 2 aromatic carbocycles.